The Bertz CT molecular complexity index is 224. The van der Waals surface area contributed by atoms with Crippen molar-refractivity contribution in [2.75, 3.05) is 13.2 Å². The van der Waals surface area contributed by atoms with E-state index in [0.29, 0.717) is 13.0 Å². The largest absolute Gasteiger partial charge is 0.480 e. The standard InChI is InChI=1S/C12H23NO3/c1-2-5-10(11(15)16)13-8-12(9-14)6-3-4-7-12/h10,13-14H,2-9H2,1H3,(H,15,16). The van der Waals surface area contributed by atoms with E-state index < -0.39 is 12.0 Å². The summed E-state index contributed by atoms with van der Waals surface area (Å²) in [5.74, 6) is -0.784. The average Bonchev–Trinajstić information content (AvgIpc) is 2.73. The average molecular weight is 229 g/mol. The molecular formula is C12H23NO3. The van der Waals surface area contributed by atoms with Gasteiger partial charge in [0, 0.05) is 18.6 Å². The Morgan fingerprint density at radius 3 is 2.50 bits per heavy atom. The van der Waals surface area contributed by atoms with Crippen molar-refractivity contribution < 1.29 is 15.0 Å². The first kappa shape index (κ1) is 13.5. The highest BCUT2D eigenvalue weighted by Gasteiger charge is 2.34. The Hall–Kier alpha value is -0.610. The molecule has 0 bridgehead atoms. The maximum atomic E-state index is 11.0. The molecule has 1 aliphatic carbocycles. The number of carboxylic acid groups (broad SMARTS) is 1. The van der Waals surface area contributed by atoms with Crippen molar-refractivity contribution in [1.29, 1.82) is 0 Å². The highest BCUT2D eigenvalue weighted by molar-refractivity contribution is 5.73. The van der Waals surface area contributed by atoms with Crippen molar-refractivity contribution >= 4 is 5.97 Å². The molecule has 0 spiro atoms. The summed E-state index contributed by atoms with van der Waals surface area (Å²) in [4.78, 5) is 11.0. The molecule has 0 amide bonds. The second-order valence-electron chi connectivity index (χ2n) is 4.93. The van der Waals surface area contributed by atoms with E-state index in [1.165, 1.54) is 0 Å². The van der Waals surface area contributed by atoms with Gasteiger partial charge in [0.1, 0.15) is 6.04 Å². The summed E-state index contributed by atoms with van der Waals surface area (Å²) in [6, 6.07) is -0.464. The fraction of sp³-hybridized carbons (Fsp3) is 0.917. The van der Waals surface area contributed by atoms with Gasteiger partial charge in [-0.2, -0.15) is 0 Å². The van der Waals surface area contributed by atoms with Crippen LogP contribution in [0.4, 0.5) is 0 Å². The van der Waals surface area contributed by atoms with E-state index in [4.69, 9.17) is 5.11 Å². The molecule has 0 aliphatic heterocycles. The van der Waals surface area contributed by atoms with Crippen molar-refractivity contribution in [3.63, 3.8) is 0 Å². The first-order chi connectivity index (χ1) is 7.63. The lowest BCUT2D eigenvalue weighted by molar-refractivity contribution is -0.139. The van der Waals surface area contributed by atoms with Crippen LogP contribution >= 0.6 is 0 Å². The summed E-state index contributed by atoms with van der Waals surface area (Å²) in [7, 11) is 0. The zero-order valence-corrected chi connectivity index (χ0v) is 10.0. The van der Waals surface area contributed by atoms with Crippen molar-refractivity contribution in [3.8, 4) is 0 Å². The number of carboxylic acids is 1. The topological polar surface area (TPSA) is 69.6 Å². The molecule has 1 rings (SSSR count). The van der Waals surface area contributed by atoms with Gasteiger partial charge in [-0.15, -0.1) is 0 Å². The number of hydrogen-bond acceptors (Lipinski definition) is 3. The Morgan fingerprint density at radius 2 is 2.06 bits per heavy atom. The van der Waals surface area contributed by atoms with Gasteiger partial charge in [-0.25, -0.2) is 0 Å². The van der Waals surface area contributed by atoms with E-state index >= 15 is 0 Å². The normalized spacial score (nSPS) is 20.9. The van der Waals surface area contributed by atoms with Crippen LogP contribution in [0.5, 0.6) is 0 Å². The van der Waals surface area contributed by atoms with Crippen LogP contribution in [0.2, 0.25) is 0 Å². The predicted octanol–water partition coefficient (Wildman–Crippen LogP) is 1.38. The fourth-order valence-corrected chi connectivity index (χ4v) is 2.46. The Kier molecular flexibility index (Phi) is 5.22. The van der Waals surface area contributed by atoms with Crippen molar-refractivity contribution in [1.82, 2.24) is 5.32 Å². The molecule has 0 aromatic rings. The SMILES string of the molecule is CCCC(NCC1(CO)CCCC1)C(=O)O. The lowest BCUT2D eigenvalue weighted by Gasteiger charge is -2.28. The lowest BCUT2D eigenvalue weighted by atomic mass is 9.87. The Morgan fingerprint density at radius 1 is 1.44 bits per heavy atom. The molecule has 1 aliphatic rings. The van der Waals surface area contributed by atoms with Crippen molar-refractivity contribution in [2.24, 2.45) is 5.41 Å². The molecule has 1 fully saturated rings. The summed E-state index contributed by atoms with van der Waals surface area (Å²) < 4.78 is 0. The van der Waals surface area contributed by atoms with E-state index in [1.54, 1.807) is 0 Å². The zero-order chi connectivity index (χ0) is 12.0. The van der Waals surface area contributed by atoms with Gasteiger partial charge in [-0.1, -0.05) is 26.2 Å². The maximum Gasteiger partial charge on any atom is 0.320 e. The number of aliphatic hydroxyl groups is 1. The van der Waals surface area contributed by atoms with Gasteiger partial charge in [0.05, 0.1) is 0 Å². The minimum Gasteiger partial charge on any atom is -0.480 e. The van der Waals surface area contributed by atoms with Crippen LogP contribution < -0.4 is 5.32 Å². The molecule has 16 heavy (non-hydrogen) atoms. The first-order valence-corrected chi connectivity index (χ1v) is 6.20. The fourth-order valence-electron chi connectivity index (χ4n) is 2.46. The molecule has 0 saturated heterocycles. The van der Waals surface area contributed by atoms with Gasteiger partial charge in [-0.3, -0.25) is 4.79 Å². The number of nitrogens with one attached hydrogen (secondary N) is 1. The second-order valence-corrected chi connectivity index (χ2v) is 4.93. The molecular weight excluding hydrogens is 206 g/mol. The van der Waals surface area contributed by atoms with E-state index in [0.717, 1.165) is 32.1 Å². The maximum absolute atomic E-state index is 11.0. The molecule has 0 aromatic heterocycles. The van der Waals surface area contributed by atoms with Crippen LogP contribution in [0.25, 0.3) is 0 Å². The van der Waals surface area contributed by atoms with Gasteiger partial charge >= 0.3 is 5.97 Å². The highest BCUT2D eigenvalue weighted by Crippen LogP contribution is 2.37. The number of carbonyl (C=O) groups is 1. The molecule has 94 valence electrons. The summed E-state index contributed by atoms with van der Waals surface area (Å²) >= 11 is 0. The molecule has 1 saturated carbocycles. The van der Waals surface area contributed by atoms with Gasteiger partial charge in [-0.05, 0) is 19.3 Å². The van der Waals surface area contributed by atoms with Gasteiger partial charge in [0.2, 0.25) is 0 Å². The van der Waals surface area contributed by atoms with Gasteiger partial charge in [0.25, 0.3) is 0 Å². The third-order valence-corrected chi connectivity index (χ3v) is 3.60. The monoisotopic (exact) mass is 229 g/mol. The molecule has 4 heteroatoms. The predicted molar refractivity (Wildman–Crippen MR) is 62.3 cm³/mol. The minimum atomic E-state index is -0.784. The summed E-state index contributed by atoms with van der Waals surface area (Å²) in [6.07, 6.45) is 5.82. The number of aliphatic carboxylic acids is 1. The smallest absolute Gasteiger partial charge is 0.320 e. The van der Waals surface area contributed by atoms with Crippen LogP contribution in [0.1, 0.15) is 45.4 Å². The van der Waals surface area contributed by atoms with Crippen LogP contribution in [0, 0.1) is 5.41 Å². The first-order valence-electron chi connectivity index (χ1n) is 6.20. The molecule has 1 unspecified atom stereocenters. The summed E-state index contributed by atoms with van der Waals surface area (Å²) in [5.41, 5.74) is -0.0680. The van der Waals surface area contributed by atoms with Crippen LogP contribution in [0.3, 0.4) is 0 Å². The van der Waals surface area contributed by atoms with E-state index in [9.17, 15) is 9.90 Å². The third-order valence-electron chi connectivity index (χ3n) is 3.60. The molecule has 4 nitrogen and oxygen atoms in total. The van der Waals surface area contributed by atoms with Gasteiger partial charge in [0.15, 0.2) is 0 Å². The molecule has 1 atom stereocenters. The van der Waals surface area contributed by atoms with E-state index in [-0.39, 0.29) is 12.0 Å². The molecule has 0 radical (unpaired) electrons. The third kappa shape index (κ3) is 3.46. The van der Waals surface area contributed by atoms with Crippen molar-refractivity contribution in [3.05, 3.63) is 0 Å². The molecule has 0 aromatic carbocycles. The van der Waals surface area contributed by atoms with Crippen LogP contribution in [-0.4, -0.2) is 35.4 Å². The number of aliphatic hydroxyl groups excluding tert-OH is 1. The van der Waals surface area contributed by atoms with Gasteiger partial charge < -0.3 is 15.5 Å². The molecule has 0 heterocycles. The van der Waals surface area contributed by atoms with Crippen LogP contribution in [-0.2, 0) is 4.79 Å². The molecule has 3 N–H and O–H groups in total. The second kappa shape index (κ2) is 6.21. The van der Waals surface area contributed by atoms with Crippen molar-refractivity contribution in [2.45, 2.75) is 51.5 Å². The Labute approximate surface area is 97.0 Å². The highest BCUT2D eigenvalue weighted by atomic mass is 16.4. The lowest BCUT2D eigenvalue weighted by Crippen LogP contribution is -2.44. The summed E-state index contributed by atoms with van der Waals surface area (Å²) in [6.45, 7) is 2.77. The van der Waals surface area contributed by atoms with E-state index in [1.807, 2.05) is 6.92 Å². The quantitative estimate of drug-likeness (QED) is 0.617. The minimum absolute atomic E-state index is 0.0680. The zero-order valence-electron chi connectivity index (χ0n) is 10.0. The summed E-state index contributed by atoms with van der Waals surface area (Å²) in [5, 5.41) is 21.5. The van der Waals surface area contributed by atoms with E-state index in [2.05, 4.69) is 5.32 Å². The van der Waals surface area contributed by atoms with Crippen LogP contribution in [0.15, 0.2) is 0 Å². The number of hydrogen-bond donors (Lipinski definition) is 3. The Balaban J connectivity index is 2.43. The number of rotatable bonds is 7.